The van der Waals surface area contributed by atoms with Gasteiger partial charge < -0.3 is 9.64 Å². The van der Waals surface area contributed by atoms with Gasteiger partial charge in [0.15, 0.2) is 0 Å². The van der Waals surface area contributed by atoms with E-state index in [1.54, 1.807) is 7.11 Å². The molecule has 0 saturated carbocycles. The summed E-state index contributed by atoms with van der Waals surface area (Å²) in [6.45, 7) is 2.68. The van der Waals surface area contributed by atoms with E-state index in [1.807, 2.05) is 18.9 Å². The number of likely N-dealkylation sites (N-methyl/N-ethyl adjacent to an activating group) is 1. The van der Waals surface area contributed by atoms with Crippen molar-refractivity contribution in [2.24, 2.45) is 0 Å². The lowest BCUT2D eigenvalue weighted by Crippen LogP contribution is -2.33. The van der Waals surface area contributed by atoms with Gasteiger partial charge in [-0.05, 0) is 22.9 Å². The molecule has 6 heteroatoms. The van der Waals surface area contributed by atoms with Gasteiger partial charge in [0.25, 0.3) is 0 Å². The standard InChI is InChI=1S/C9H13BrClN3O/c1-6(4-15-3)14(2)9-7(10)8(11)12-5-13-9/h5-6H,4H2,1-3H3. The Morgan fingerprint density at radius 2 is 2.27 bits per heavy atom. The molecule has 15 heavy (non-hydrogen) atoms. The molecule has 0 fully saturated rings. The van der Waals surface area contributed by atoms with Gasteiger partial charge in [0.1, 0.15) is 17.3 Å². The molecule has 1 heterocycles. The van der Waals surface area contributed by atoms with Gasteiger partial charge in [-0.25, -0.2) is 9.97 Å². The molecule has 0 aliphatic rings. The number of ether oxygens (including phenoxy) is 1. The van der Waals surface area contributed by atoms with Crippen molar-refractivity contribution < 1.29 is 4.74 Å². The van der Waals surface area contributed by atoms with Crippen LogP contribution in [-0.2, 0) is 4.74 Å². The second kappa shape index (κ2) is 5.63. The molecule has 0 aliphatic carbocycles. The first-order valence-electron chi connectivity index (χ1n) is 4.45. The van der Waals surface area contributed by atoms with Crippen molar-refractivity contribution in [2.45, 2.75) is 13.0 Å². The SMILES string of the molecule is COCC(C)N(C)c1ncnc(Cl)c1Br. The molecule has 1 atom stereocenters. The fourth-order valence-electron chi connectivity index (χ4n) is 1.15. The van der Waals surface area contributed by atoms with Crippen LogP contribution in [0.1, 0.15) is 6.92 Å². The average molecular weight is 295 g/mol. The van der Waals surface area contributed by atoms with E-state index in [1.165, 1.54) is 6.33 Å². The Morgan fingerprint density at radius 3 is 2.87 bits per heavy atom. The molecule has 0 aliphatic heterocycles. The van der Waals surface area contributed by atoms with E-state index < -0.39 is 0 Å². The smallest absolute Gasteiger partial charge is 0.148 e. The normalized spacial score (nSPS) is 12.6. The summed E-state index contributed by atoms with van der Waals surface area (Å²) >= 11 is 9.24. The summed E-state index contributed by atoms with van der Waals surface area (Å²) in [6.07, 6.45) is 1.44. The topological polar surface area (TPSA) is 38.2 Å². The second-order valence-electron chi connectivity index (χ2n) is 3.22. The van der Waals surface area contributed by atoms with Gasteiger partial charge in [0.2, 0.25) is 0 Å². The zero-order valence-electron chi connectivity index (χ0n) is 8.87. The van der Waals surface area contributed by atoms with E-state index in [4.69, 9.17) is 16.3 Å². The molecule has 0 saturated heterocycles. The molecular formula is C9H13BrClN3O. The molecule has 4 nitrogen and oxygen atoms in total. The number of aromatic nitrogens is 2. The molecule has 84 valence electrons. The molecular weight excluding hydrogens is 281 g/mol. The summed E-state index contributed by atoms with van der Waals surface area (Å²) < 4.78 is 5.79. The molecule has 1 aromatic rings. The number of halogens is 2. The Hall–Kier alpha value is -0.390. The maximum atomic E-state index is 5.88. The number of rotatable bonds is 4. The lowest BCUT2D eigenvalue weighted by Gasteiger charge is -2.26. The lowest BCUT2D eigenvalue weighted by molar-refractivity contribution is 0.183. The van der Waals surface area contributed by atoms with Gasteiger partial charge >= 0.3 is 0 Å². The first-order valence-corrected chi connectivity index (χ1v) is 5.62. The molecule has 0 N–H and O–H groups in total. The average Bonchev–Trinajstić information content (AvgIpc) is 2.21. The minimum Gasteiger partial charge on any atom is -0.383 e. The molecule has 1 aromatic heterocycles. The molecule has 0 radical (unpaired) electrons. The summed E-state index contributed by atoms with van der Waals surface area (Å²) in [5.74, 6) is 0.763. The molecule has 0 aromatic carbocycles. The third kappa shape index (κ3) is 3.03. The van der Waals surface area contributed by atoms with E-state index in [2.05, 4.69) is 25.9 Å². The first kappa shape index (κ1) is 12.7. The van der Waals surface area contributed by atoms with Crippen molar-refractivity contribution in [3.63, 3.8) is 0 Å². The third-order valence-corrected chi connectivity index (χ3v) is 3.38. The molecule has 1 unspecified atom stereocenters. The predicted molar refractivity (Wildman–Crippen MR) is 64.5 cm³/mol. The summed E-state index contributed by atoms with van der Waals surface area (Å²) in [4.78, 5) is 10.0. The third-order valence-electron chi connectivity index (χ3n) is 2.13. The number of hydrogen-bond donors (Lipinski definition) is 0. The van der Waals surface area contributed by atoms with Gasteiger partial charge in [0.05, 0.1) is 17.1 Å². The largest absolute Gasteiger partial charge is 0.383 e. The van der Waals surface area contributed by atoms with Crippen molar-refractivity contribution in [1.29, 1.82) is 0 Å². The van der Waals surface area contributed by atoms with Crippen LogP contribution >= 0.6 is 27.5 Å². The van der Waals surface area contributed by atoms with Crippen LogP contribution in [0.15, 0.2) is 10.8 Å². The minimum atomic E-state index is 0.220. The Kier molecular flexibility index (Phi) is 4.76. The van der Waals surface area contributed by atoms with Gasteiger partial charge in [-0.3, -0.25) is 0 Å². The quantitative estimate of drug-likeness (QED) is 0.799. The predicted octanol–water partition coefficient (Wildman–Crippen LogP) is 2.36. The molecule has 1 rings (SSSR count). The van der Waals surface area contributed by atoms with Crippen molar-refractivity contribution in [3.8, 4) is 0 Å². The summed E-state index contributed by atoms with van der Waals surface area (Å²) in [6, 6.07) is 0.220. The van der Waals surface area contributed by atoms with Gasteiger partial charge in [-0.15, -0.1) is 0 Å². The highest BCUT2D eigenvalue weighted by atomic mass is 79.9. The van der Waals surface area contributed by atoms with Crippen molar-refractivity contribution in [3.05, 3.63) is 16.0 Å². The van der Waals surface area contributed by atoms with Gasteiger partial charge in [-0.2, -0.15) is 0 Å². The fourth-order valence-corrected chi connectivity index (χ4v) is 1.76. The zero-order chi connectivity index (χ0) is 11.4. The number of hydrogen-bond acceptors (Lipinski definition) is 4. The maximum Gasteiger partial charge on any atom is 0.148 e. The van der Waals surface area contributed by atoms with Crippen molar-refractivity contribution in [1.82, 2.24) is 9.97 Å². The van der Waals surface area contributed by atoms with Crippen molar-refractivity contribution >= 4 is 33.3 Å². The molecule has 0 spiro atoms. The van der Waals surface area contributed by atoms with E-state index in [-0.39, 0.29) is 6.04 Å². The van der Waals surface area contributed by atoms with Crippen molar-refractivity contribution in [2.75, 3.05) is 25.7 Å². The fraction of sp³-hybridized carbons (Fsp3) is 0.556. The monoisotopic (exact) mass is 293 g/mol. The van der Waals surface area contributed by atoms with E-state index in [0.717, 1.165) is 5.82 Å². The number of methoxy groups -OCH3 is 1. The van der Waals surface area contributed by atoms with Crippen LogP contribution in [0.2, 0.25) is 5.15 Å². The Labute approximate surface area is 103 Å². The molecule has 0 bridgehead atoms. The summed E-state index contributed by atoms with van der Waals surface area (Å²) in [5, 5.41) is 0.413. The van der Waals surface area contributed by atoms with E-state index in [9.17, 15) is 0 Å². The summed E-state index contributed by atoms with van der Waals surface area (Å²) in [7, 11) is 3.61. The second-order valence-corrected chi connectivity index (χ2v) is 4.37. The van der Waals surface area contributed by atoms with Gasteiger partial charge in [-0.1, -0.05) is 11.6 Å². The highest BCUT2D eigenvalue weighted by Gasteiger charge is 2.15. The van der Waals surface area contributed by atoms with Crippen LogP contribution in [0.25, 0.3) is 0 Å². The van der Waals surface area contributed by atoms with Crippen LogP contribution in [0.3, 0.4) is 0 Å². The first-order chi connectivity index (χ1) is 7.07. The maximum absolute atomic E-state index is 5.88. The minimum absolute atomic E-state index is 0.220. The number of anilines is 1. The van der Waals surface area contributed by atoms with Crippen LogP contribution in [0, 0.1) is 0 Å². The zero-order valence-corrected chi connectivity index (χ0v) is 11.2. The Balaban J connectivity index is 2.90. The van der Waals surface area contributed by atoms with E-state index in [0.29, 0.717) is 16.2 Å². The van der Waals surface area contributed by atoms with Crippen LogP contribution in [0.4, 0.5) is 5.82 Å². The Morgan fingerprint density at radius 1 is 1.60 bits per heavy atom. The number of nitrogens with zero attached hydrogens (tertiary/aromatic N) is 3. The van der Waals surface area contributed by atoms with Gasteiger partial charge in [0, 0.05) is 14.2 Å². The Bertz CT molecular complexity index is 337. The van der Waals surface area contributed by atoms with E-state index >= 15 is 0 Å². The highest BCUT2D eigenvalue weighted by Crippen LogP contribution is 2.29. The van der Waals surface area contributed by atoms with Crippen LogP contribution in [-0.4, -0.2) is 36.8 Å². The summed E-state index contributed by atoms with van der Waals surface area (Å²) in [5.41, 5.74) is 0. The van der Waals surface area contributed by atoms with Crippen LogP contribution < -0.4 is 4.90 Å². The molecule has 0 amide bonds. The highest BCUT2D eigenvalue weighted by molar-refractivity contribution is 9.10. The lowest BCUT2D eigenvalue weighted by atomic mass is 10.3. The van der Waals surface area contributed by atoms with Crippen LogP contribution in [0.5, 0.6) is 0 Å².